The minimum atomic E-state index is -2.51. The van der Waals surface area contributed by atoms with Gasteiger partial charge in [-0.2, -0.15) is 0 Å². The van der Waals surface area contributed by atoms with Gasteiger partial charge in [0.15, 0.2) is 62.9 Å². The number of aliphatic hydroxyl groups is 28. The van der Waals surface area contributed by atoms with Crippen molar-refractivity contribution < 1.29 is 252 Å². The van der Waals surface area contributed by atoms with E-state index in [1.54, 1.807) is 0 Å². The zero-order valence-corrected chi connectivity index (χ0v) is 65.9. The van der Waals surface area contributed by atoms with E-state index in [4.69, 9.17) is 90.0 Å². The van der Waals surface area contributed by atoms with E-state index in [-0.39, 0.29) is 0 Å². The Morgan fingerprint density at radius 3 is 0.732 bits per heavy atom. The molecule has 0 saturated carbocycles. The Morgan fingerprint density at radius 2 is 0.431 bits per heavy atom. The molecule has 10 heterocycles. The molecule has 55 heteroatoms. The average molecular weight is 1800 g/mol. The van der Waals surface area contributed by atoms with Crippen LogP contribution in [0, 0.1) is 0 Å². The summed E-state index contributed by atoms with van der Waals surface area (Å²) in [7, 11) is 0. The van der Waals surface area contributed by atoms with Crippen LogP contribution < -0.4 is 21.3 Å². The van der Waals surface area contributed by atoms with Gasteiger partial charge >= 0.3 is 0 Å². The highest BCUT2D eigenvalue weighted by Gasteiger charge is 2.62. The second kappa shape index (κ2) is 44.3. The third kappa shape index (κ3) is 22.3. The summed E-state index contributed by atoms with van der Waals surface area (Å²) in [4.78, 5) is 51.7. The molecule has 10 aliphatic heterocycles. The smallest absolute Gasteiger partial charge is 0.217 e. The van der Waals surface area contributed by atoms with Crippen LogP contribution in [0.5, 0.6) is 0 Å². The fraction of sp³-hybridized carbons (Fsp3) is 0.941. The van der Waals surface area contributed by atoms with Gasteiger partial charge in [0, 0.05) is 27.7 Å². The molecule has 50 atom stereocenters. The Morgan fingerprint density at radius 1 is 0.211 bits per heavy atom. The third-order valence-electron chi connectivity index (χ3n) is 22.5. The van der Waals surface area contributed by atoms with Gasteiger partial charge in [-0.1, -0.05) is 0 Å². The van der Waals surface area contributed by atoms with Crippen LogP contribution in [-0.4, -0.2) is 539 Å². The average Bonchev–Trinajstić information content (AvgIpc) is 0.763. The first-order valence-electron chi connectivity index (χ1n) is 39.1. The van der Waals surface area contributed by atoms with Gasteiger partial charge in [-0.3, -0.25) is 19.2 Å². The number of hydrogen-bond acceptors (Lipinski definition) is 51. The van der Waals surface area contributed by atoms with Gasteiger partial charge in [-0.05, 0) is 0 Å². The van der Waals surface area contributed by atoms with E-state index in [0.717, 1.165) is 27.7 Å². The SMILES string of the molecule is CC(=O)N[C@H]1[C@H](O[C@H]2[C@@H](O)[C@@H](CO)O[C@@H](O[C@H]3[C@H](O)[C@@H](O)[C@H](O)O[C@@H]3CO)[C@@H]2O)O[C@H](CO)[C@@H](O[C@@H]2O[C@H](CO)[C@H](O)[C@H](O[C@@H]3O[C@H](CO)[C@@H](O[C@@H]4O[C@H](CO[C@@H]5O[C@H](CO)[C@@H](O)[C@H](O)[C@H]5NC(C)=O)[C@H](O)[C@H](O[C@@H]5O[C@H](CO)[C@@H](O[C@@H]6O[C@H](CO)[C@H](O)[C@H](O[C@H]7O[C@H](CO)[C@H](O)[C@H](O)[C@H]7O)[C@H]6O)[C@H](O)[C@H]5NC(C)=O)[C@H]4O)[C@H](O)[C@H]3NC(C)=O)[C@H]2O)[C@@H]1O. The zero-order valence-electron chi connectivity index (χ0n) is 65.9. The molecule has 0 aliphatic carbocycles. The van der Waals surface area contributed by atoms with Crippen molar-refractivity contribution in [3.05, 3.63) is 0 Å². The zero-order chi connectivity index (χ0) is 90.5. The van der Waals surface area contributed by atoms with Crippen molar-refractivity contribution in [2.45, 2.75) is 335 Å². The van der Waals surface area contributed by atoms with Gasteiger partial charge in [-0.25, -0.2) is 0 Å². The summed E-state index contributed by atoms with van der Waals surface area (Å²) in [5.74, 6) is -3.79. The maximum atomic E-state index is 13.2. The number of hydrogen-bond donors (Lipinski definition) is 32. The molecule has 0 aromatic rings. The van der Waals surface area contributed by atoms with Crippen LogP contribution in [0.3, 0.4) is 0 Å². The molecule has 10 aliphatic rings. The topological polar surface area (TPSA) is 858 Å². The van der Waals surface area contributed by atoms with Crippen LogP contribution >= 0.6 is 0 Å². The molecule has 0 bridgehead atoms. The molecule has 10 rings (SSSR count). The first-order valence-corrected chi connectivity index (χ1v) is 39.1. The van der Waals surface area contributed by atoms with Crippen molar-refractivity contribution in [2.24, 2.45) is 0 Å². The van der Waals surface area contributed by atoms with Crippen LogP contribution in [-0.2, 0) is 109 Å². The minimum absolute atomic E-state index is 0.831. The van der Waals surface area contributed by atoms with E-state index in [9.17, 15) is 162 Å². The maximum absolute atomic E-state index is 13.2. The van der Waals surface area contributed by atoms with Crippen molar-refractivity contribution >= 4 is 23.6 Å². The summed E-state index contributed by atoms with van der Waals surface area (Å²) in [5.41, 5.74) is 0. The quantitative estimate of drug-likeness (QED) is 0.0297. The standard InChI is InChI=1S/C68H114N4O51/c1-15(82)69-29-39(92)33(86)19(5-73)107-60(29)105-14-28-38(91)58(122-63-32(72-18(4)85)41(94)52(26(12-80)114-63)117-66-49(102)57(37(90)23(9-77)110-66)123-64-46(99)43(96)34(87)20(6-74)108-64)50(103)68(115-28)118-53-27(13-81)113-62(31(42(53)95)71-17(3)84)120-55-35(88)21(7-75)109-65(47(55)100)116-51-25(11-79)112-61(30(40(51)93)70-16(2)83)121-56-36(89)22(8-76)111-67(48(56)101)119-54-24(10-78)106-59(104)45(98)44(54)97/h19-68,73-81,86-104H,5-14H2,1-4H3,(H,69,82)(H,70,83)(H,71,84)(H,72,85)/t19-,20-,21-,22-,23-,24-,25-,26-,27-,28-,29-,30-,31-,32-,33-,34+,35+,36+,37+,38+,39-,40-,41-,42-,43+,44-,45-,46-,47-,48-,49-,50-,51-,52-,53-,54-,55+,56+,57+,58+,59-,60-,61+,62+,63+,64-,65+,66+,67+,68+/m1/s1. The Balaban J connectivity index is 0.894. The predicted molar refractivity (Wildman–Crippen MR) is 376 cm³/mol. The van der Waals surface area contributed by atoms with Crippen LogP contribution in [0.4, 0.5) is 0 Å². The molecule has 0 aromatic heterocycles. The first kappa shape index (κ1) is 101. The molecule has 55 nitrogen and oxygen atoms in total. The summed E-state index contributed by atoms with van der Waals surface area (Å²) in [6.07, 6.45) is -95.2. The van der Waals surface area contributed by atoms with Gasteiger partial charge < -0.3 is 254 Å². The molecule has 10 fully saturated rings. The molecule has 712 valence electrons. The summed E-state index contributed by atoms with van der Waals surface area (Å²) < 4.78 is 111. The third-order valence-corrected chi connectivity index (χ3v) is 22.5. The van der Waals surface area contributed by atoms with E-state index in [2.05, 4.69) is 21.3 Å². The lowest BCUT2D eigenvalue weighted by Crippen LogP contribution is -2.71. The Labute approximate surface area is 695 Å². The predicted octanol–water partition coefficient (Wildman–Crippen LogP) is -22.2. The summed E-state index contributed by atoms with van der Waals surface area (Å²) >= 11 is 0. The van der Waals surface area contributed by atoms with Crippen molar-refractivity contribution in [1.82, 2.24) is 21.3 Å². The van der Waals surface area contributed by atoms with Gasteiger partial charge in [0.1, 0.15) is 244 Å². The van der Waals surface area contributed by atoms with Crippen molar-refractivity contribution in [1.29, 1.82) is 0 Å². The monoisotopic (exact) mass is 1800 g/mol. The maximum Gasteiger partial charge on any atom is 0.217 e. The largest absolute Gasteiger partial charge is 0.394 e. The van der Waals surface area contributed by atoms with E-state index in [0.29, 0.717) is 0 Å². The van der Waals surface area contributed by atoms with E-state index >= 15 is 0 Å². The number of nitrogens with one attached hydrogen (secondary N) is 4. The number of aliphatic hydroxyl groups excluding tert-OH is 28. The van der Waals surface area contributed by atoms with Crippen LogP contribution in [0.25, 0.3) is 0 Å². The molecule has 10 saturated heterocycles. The lowest BCUT2D eigenvalue weighted by atomic mass is 9.93. The lowest BCUT2D eigenvalue weighted by molar-refractivity contribution is -0.392. The molecule has 0 spiro atoms. The fourth-order valence-electron chi connectivity index (χ4n) is 16.0. The second-order valence-corrected chi connectivity index (χ2v) is 31.0. The van der Waals surface area contributed by atoms with Crippen molar-refractivity contribution in [2.75, 3.05) is 66.1 Å². The molecule has 0 aromatic carbocycles. The highest BCUT2D eigenvalue weighted by atomic mass is 16.8. The summed E-state index contributed by atoms with van der Waals surface area (Å²) in [5, 5.41) is 320. The van der Waals surface area contributed by atoms with Crippen LogP contribution in [0.2, 0.25) is 0 Å². The van der Waals surface area contributed by atoms with Gasteiger partial charge in [-0.15, -0.1) is 0 Å². The number of ether oxygens (including phenoxy) is 19. The Hall–Kier alpha value is -4.00. The van der Waals surface area contributed by atoms with Gasteiger partial charge in [0.25, 0.3) is 0 Å². The number of rotatable bonds is 32. The Kier molecular flexibility index (Phi) is 36.4. The molecule has 123 heavy (non-hydrogen) atoms. The molecule has 4 amide bonds. The summed E-state index contributed by atoms with van der Waals surface area (Å²) in [6, 6.07) is -7.68. The first-order chi connectivity index (χ1) is 58.2. The highest BCUT2D eigenvalue weighted by Crippen LogP contribution is 2.41. The fourth-order valence-corrected chi connectivity index (χ4v) is 16.0. The van der Waals surface area contributed by atoms with E-state index in [1.807, 2.05) is 0 Å². The van der Waals surface area contributed by atoms with E-state index < -0.39 is 397 Å². The van der Waals surface area contributed by atoms with Gasteiger partial charge in [0.05, 0.1) is 66.1 Å². The van der Waals surface area contributed by atoms with E-state index in [1.165, 1.54) is 0 Å². The molecule has 0 radical (unpaired) electrons. The number of carbonyl (C=O) groups excluding carboxylic acids is 4. The molecular weight excluding hydrogens is 1690 g/mol. The molecule has 32 N–H and O–H groups in total. The molecule has 0 unspecified atom stereocenters. The van der Waals surface area contributed by atoms with Crippen LogP contribution in [0.15, 0.2) is 0 Å². The van der Waals surface area contributed by atoms with Crippen LogP contribution in [0.1, 0.15) is 27.7 Å². The van der Waals surface area contributed by atoms with Gasteiger partial charge in [0.2, 0.25) is 23.6 Å². The number of amides is 4. The Bertz CT molecular complexity index is 3310. The summed E-state index contributed by atoms with van der Waals surface area (Å²) in [6.45, 7) is -7.13. The molecular formula is C68H114N4O51. The van der Waals surface area contributed by atoms with Crippen molar-refractivity contribution in [3.63, 3.8) is 0 Å². The number of carbonyl (C=O) groups is 4. The normalized spacial score (nSPS) is 49.4. The van der Waals surface area contributed by atoms with Crippen molar-refractivity contribution in [3.8, 4) is 0 Å². The second-order valence-electron chi connectivity index (χ2n) is 31.0. The minimum Gasteiger partial charge on any atom is -0.394 e. The highest BCUT2D eigenvalue weighted by molar-refractivity contribution is 5.74. The lowest BCUT2D eigenvalue weighted by Gasteiger charge is -2.51.